The number of fused-ring (bicyclic) bond motifs is 2. The lowest BCUT2D eigenvalue weighted by Crippen LogP contribution is -2.16. The molecule has 3 aromatic rings. The van der Waals surface area contributed by atoms with Gasteiger partial charge in [0.05, 0.1) is 23.4 Å². The van der Waals surface area contributed by atoms with Crippen LogP contribution in [0.1, 0.15) is 47.4 Å². The maximum Gasteiger partial charge on any atom is 0.394 e. The molecule has 3 heterocycles. The first-order valence-electron chi connectivity index (χ1n) is 9.88. The molecule has 2 unspecified atom stereocenters. The molecular weight excluding hydrogens is 439 g/mol. The highest BCUT2D eigenvalue weighted by Crippen LogP contribution is 2.49. The molecule has 4 rings (SSSR count). The van der Waals surface area contributed by atoms with Gasteiger partial charge in [-0.3, -0.25) is 4.57 Å². The first-order chi connectivity index (χ1) is 14.7. The van der Waals surface area contributed by atoms with Crippen molar-refractivity contribution in [1.82, 2.24) is 4.98 Å². The number of ether oxygens (including phenoxy) is 1. The van der Waals surface area contributed by atoms with Gasteiger partial charge in [-0.15, -0.1) is 11.3 Å². The van der Waals surface area contributed by atoms with Crippen molar-refractivity contribution in [3.05, 3.63) is 52.6 Å². The van der Waals surface area contributed by atoms with Gasteiger partial charge in [0.25, 0.3) is 0 Å². The van der Waals surface area contributed by atoms with Crippen molar-refractivity contribution in [2.24, 2.45) is 5.92 Å². The van der Waals surface area contributed by atoms with E-state index >= 15 is 0 Å². The number of aromatic nitrogens is 1. The average Bonchev–Trinajstić information content (AvgIpc) is 3.31. The van der Waals surface area contributed by atoms with Gasteiger partial charge in [-0.25, -0.2) is 9.78 Å². The molecule has 0 fully saturated rings. The Bertz CT molecular complexity index is 1140. The largest absolute Gasteiger partial charge is 0.450 e. The minimum Gasteiger partial charge on any atom is -0.450 e. The quantitative estimate of drug-likeness (QED) is 0.424. The molecule has 1 aliphatic heterocycles. The molecule has 2 aromatic heterocycles. The Morgan fingerprint density at radius 1 is 1.39 bits per heavy atom. The minimum atomic E-state index is -4.22. The molecule has 0 aliphatic carbocycles. The SMILES string of the molecule is CC(C)Cc1sc(N)nc1-c1cc2oc1P(=O)(O)OCCC2OC(=O)c1ccccc1. The van der Waals surface area contributed by atoms with Crippen molar-refractivity contribution >= 4 is 35.5 Å². The van der Waals surface area contributed by atoms with E-state index in [1.54, 1.807) is 36.4 Å². The summed E-state index contributed by atoms with van der Waals surface area (Å²) in [5.41, 5.74) is 6.96. The second-order valence-electron chi connectivity index (χ2n) is 7.69. The van der Waals surface area contributed by atoms with Crippen LogP contribution in [0.4, 0.5) is 5.13 Å². The summed E-state index contributed by atoms with van der Waals surface area (Å²) >= 11 is 1.33. The molecule has 8 nitrogen and oxygen atoms in total. The molecule has 3 N–H and O–H groups in total. The van der Waals surface area contributed by atoms with Crippen molar-refractivity contribution in [1.29, 1.82) is 0 Å². The molecule has 10 heteroatoms. The molecule has 0 saturated carbocycles. The van der Waals surface area contributed by atoms with Crippen LogP contribution in [-0.4, -0.2) is 22.5 Å². The molecule has 1 aromatic carbocycles. The van der Waals surface area contributed by atoms with Gasteiger partial charge < -0.3 is 24.3 Å². The Morgan fingerprint density at radius 3 is 2.84 bits per heavy atom. The van der Waals surface area contributed by atoms with Crippen LogP contribution in [-0.2, 0) is 20.2 Å². The fourth-order valence-corrected chi connectivity index (χ4v) is 5.62. The second kappa shape index (κ2) is 8.59. The summed E-state index contributed by atoms with van der Waals surface area (Å²) in [6.45, 7) is 4.05. The zero-order valence-electron chi connectivity index (χ0n) is 17.1. The molecule has 164 valence electrons. The molecule has 2 bridgehead atoms. The number of anilines is 1. The number of furan rings is 1. The fourth-order valence-electron chi connectivity index (χ4n) is 3.40. The number of nitrogens with zero attached hydrogens (tertiary/aromatic N) is 1. The average molecular weight is 462 g/mol. The van der Waals surface area contributed by atoms with Crippen LogP contribution in [0.2, 0.25) is 0 Å². The van der Waals surface area contributed by atoms with Gasteiger partial charge in [-0.1, -0.05) is 32.0 Å². The predicted molar refractivity (Wildman–Crippen MR) is 117 cm³/mol. The number of benzene rings is 1. The van der Waals surface area contributed by atoms with Crippen LogP contribution in [0.15, 0.2) is 40.8 Å². The van der Waals surface area contributed by atoms with Gasteiger partial charge in [-0.2, -0.15) is 0 Å². The number of thiazole rings is 1. The van der Waals surface area contributed by atoms with Gasteiger partial charge in [0.2, 0.25) is 5.50 Å². The molecule has 31 heavy (non-hydrogen) atoms. The normalized spacial score (nSPS) is 21.0. The number of nitrogen functional groups attached to an aromatic ring is 1. The third-order valence-corrected chi connectivity index (χ3v) is 7.06. The smallest absolute Gasteiger partial charge is 0.394 e. The Labute approximate surface area is 183 Å². The standard InChI is InChI=1S/C21H23N2O6PS/c1-12(2)10-17-18(23-21(22)31-17)14-11-16-15(8-9-27-30(25,26)20(14)29-16)28-19(24)13-6-4-3-5-7-13/h3-7,11-12,15H,8-10H2,1-2H3,(H2,22,23)(H,25,26). The van der Waals surface area contributed by atoms with Gasteiger partial charge in [0.15, 0.2) is 11.2 Å². The number of carbonyl (C=O) groups is 1. The van der Waals surface area contributed by atoms with E-state index in [2.05, 4.69) is 18.8 Å². The maximum atomic E-state index is 12.8. The van der Waals surface area contributed by atoms with Gasteiger partial charge in [0.1, 0.15) is 5.76 Å². The summed E-state index contributed by atoms with van der Waals surface area (Å²) in [5, 5.41) is 0.356. The van der Waals surface area contributed by atoms with Crippen LogP contribution in [0, 0.1) is 5.92 Å². The summed E-state index contributed by atoms with van der Waals surface area (Å²) in [5.74, 6) is 0.0889. The highest BCUT2D eigenvalue weighted by Gasteiger charge is 2.38. The molecule has 0 spiro atoms. The predicted octanol–water partition coefficient (Wildman–Crippen LogP) is 4.31. The molecule has 0 amide bonds. The topological polar surface area (TPSA) is 125 Å². The van der Waals surface area contributed by atoms with Crippen LogP contribution >= 0.6 is 18.9 Å². The van der Waals surface area contributed by atoms with E-state index in [9.17, 15) is 14.3 Å². The number of hydrogen-bond donors (Lipinski definition) is 2. The molecule has 2 atom stereocenters. The van der Waals surface area contributed by atoms with E-state index in [-0.39, 0.29) is 24.3 Å². The highest BCUT2D eigenvalue weighted by atomic mass is 32.1. The van der Waals surface area contributed by atoms with E-state index in [1.165, 1.54) is 11.3 Å². The van der Waals surface area contributed by atoms with E-state index in [1.807, 2.05) is 0 Å². The highest BCUT2D eigenvalue weighted by molar-refractivity contribution is 7.61. The minimum absolute atomic E-state index is 0.0734. The molecular formula is C21H23N2O6PS. The Kier molecular flexibility index (Phi) is 6.03. The summed E-state index contributed by atoms with van der Waals surface area (Å²) in [6.07, 6.45) is 0.103. The summed E-state index contributed by atoms with van der Waals surface area (Å²) in [4.78, 5) is 28.3. The van der Waals surface area contributed by atoms with Crippen LogP contribution in [0.3, 0.4) is 0 Å². The molecule has 0 saturated heterocycles. The maximum absolute atomic E-state index is 12.8. The monoisotopic (exact) mass is 462 g/mol. The Balaban J connectivity index is 1.74. The van der Waals surface area contributed by atoms with Crippen molar-refractivity contribution in [3.8, 4) is 11.3 Å². The van der Waals surface area contributed by atoms with Gasteiger partial charge in [-0.05, 0) is 30.5 Å². The van der Waals surface area contributed by atoms with E-state index in [0.717, 1.165) is 4.88 Å². The van der Waals surface area contributed by atoms with E-state index < -0.39 is 19.7 Å². The summed E-state index contributed by atoms with van der Waals surface area (Å²) < 4.78 is 29.5. The second-order valence-corrected chi connectivity index (χ2v) is 10.5. The lowest BCUT2D eigenvalue weighted by Gasteiger charge is -2.19. The van der Waals surface area contributed by atoms with Crippen molar-refractivity contribution < 1.29 is 27.9 Å². The lowest BCUT2D eigenvalue weighted by molar-refractivity contribution is 0.0177. The van der Waals surface area contributed by atoms with Crippen LogP contribution in [0.5, 0.6) is 0 Å². The first-order valence-corrected chi connectivity index (χ1v) is 12.3. The third-order valence-electron chi connectivity index (χ3n) is 4.77. The van der Waals surface area contributed by atoms with E-state index in [0.29, 0.717) is 34.3 Å². The van der Waals surface area contributed by atoms with Gasteiger partial charge >= 0.3 is 13.6 Å². The van der Waals surface area contributed by atoms with Gasteiger partial charge in [0, 0.05) is 11.3 Å². The number of nitrogens with two attached hydrogens (primary N) is 1. The van der Waals surface area contributed by atoms with Crippen LogP contribution in [0.25, 0.3) is 11.3 Å². The number of esters is 1. The first kappa shape index (κ1) is 21.8. The Morgan fingerprint density at radius 2 is 2.13 bits per heavy atom. The van der Waals surface area contributed by atoms with Crippen molar-refractivity contribution in [2.75, 3.05) is 12.3 Å². The molecule has 0 radical (unpaired) electrons. The molecule has 1 aliphatic rings. The lowest BCUT2D eigenvalue weighted by atomic mass is 10.1. The van der Waals surface area contributed by atoms with Crippen molar-refractivity contribution in [2.45, 2.75) is 32.8 Å². The summed E-state index contributed by atoms with van der Waals surface area (Å²) in [7, 11) is -4.22. The fraction of sp³-hybridized carbons (Fsp3) is 0.333. The van der Waals surface area contributed by atoms with Crippen molar-refractivity contribution in [3.63, 3.8) is 0 Å². The number of hydrogen-bond acceptors (Lipinski definition) is 8. The number of rotatable bonds is 5. The summed E-state index contributed by atoms with van der Waals surface area (Å²) in [6, 6.07) is 10.2. The van der Waals surface area contributed by atoms with E-state index in [4.69, 9.17) is 19.4 Å². The zero-order valence-corrected chi connectivity index (χ0v) is 18.8. The zero-order chi connectivity index (χ0) is 22.2. The van der Waals surface area contributed by atoms with Crippen LogP contribution < -0.4 is 11.2 Å². The Hall–Kier alpha value is -2.45. The number of carbonyl (C=O) groups excluding carboxylic acids is 1. The third kappa shape index (κ3) is 4.60.